The first-order valence-electron chi connectivity index (χ1n) is 7.99. The highest BCUT2D eigenvalue weighted by Gasteiger charge is 2.19. The van der Waals surface area contributed by atoms with Gasteiger partial charge in [-0.05, 0) is 48.6 Å². The summed E-state index contributed by atoms with van der Waals surface area (Å²) in [6.07, 6.45) is 0.756. The van der Waals surface area contributed by atoms with Crippen LogP contribution in [0, 0.1) is 0 Å². The van der Waals surface area contributed by atoms with Crippen LogP contribution in [0.15, 0.2) is 47.4 Å². The number of ether oxygens (including phenoxy) is 2. The molecule has 0 spiro atoms. The maximum atomic E-state index is 12.6. The molecule has 1 heterocycles. The molecule has 0 amide bonds. The second-order valence-corrected chi connectivity index (χ2v) is 7.64. The molecule has 7 nitrogen and oxygen atoms in total. The van der Waals surface area contributed by atoms with E-state index in [0.717, 1.165) is 12.1 Å². The largest absolute Gasteiger partial charge is 0.490 e. The first-order chi connectivity index (χ1) is 12.5. The van der Waals surface area contributed by atoms with Gasteiger partial charge in [-0.3, -0.25) is 4.72 Å². The van der Waals surface area contributed by atoms with Crippen molar-refractivity contribution >= 4 is 38.7 Å². The molecule has 0 saturated carbocycles. The van der Waals surface area contributed by atoms with Crippen molar-refractivity contribution in [1.82, 2.24) is 5.32 Å². The Kier molecular flexibility index (Phi) is 5.48. The van der Waals surface area contributed by atoms with Crippen LogP contribution in [0.2, 0.25) is 0 Å². The van der Waals surface area contributed by atoms with Gasteiger partial charge in [0.25, 0.3) is 10.0 Å². The van der Waals surface area contributed by atoms with Crippen LogP contribution in [-0.4, -0.2) is 33.8 Å². The summed E-state index contributed by atoms with van der Waals surface area (Å²) in [5, 5.41) is 6.25. The minimum atomic E-state index is -3.74. The zero-order valence-electron chi connectivity index (χ0n) is 14.1. The van der Waals surface area contributed by atoms with Crippen LogP contribution in [0.4, 0.5) is 11.4 Å². The van der Waals surface area contributed by atoms with E-state index in [1.54, 1.807) is 37.4 Å². The third-order valence-corrected chi connectivity index (χ3v) is 5.34. The minimum Gasteiger partial charge on any atom is -0.490 e. The Morgan fingerprint density at radius 3 is 2.35 bits per heavy atom. The molecule has 138 valence electrons. The maximum Gasteiger partial charge on any atom is 0.262 e. The van der Waals surface area contributed by atoms with Gasteiger partial charge in [0.05, 0.1) is 18.1 Å². The summed E-state index contributed by atoms with van der Waals surface area (Å²) in [7, 11) is -2.03. The maximum absolute atomic E-state index is 12.6. The average Bonchev–Trinajstić information content (AvgIpc) is 2.87. The van der Waals surface area contributed by atoms with Crippen LogP contribution in [0.3, 0.4) is 0 Å². The third kappa shape index (κ3) is 4.36. The molecular formula is C17H19N3O4S2. The number of benzene rings is 2. The molecule has 2 aromatic rings. The molecule has 1 aliphatic heterocycles. The molecule has 0 atom stereocenters. The van der Waals surface area contributed by atoms with E-state index >= 15 is 0 Å². The molecular weight excluding hydrogens is 374 g/mol. The van der Waals surface area contributed by atoms with Crippen molar-refractivity contribution in [1.29, 1.82) is 0 Å². The number of hydrogen-bond donors (Lipinski definition) is 3. The predicted octanol–water partition coefficient (Wildman–Crippen LogP) is 2.56. The van der Waals surface area contributed by atoms with Crippen molar-refractivity contribution in [2.45, 2.75) is 11.3 Å². The number of sulfonamides is 1. The van der Waals surface area contributed by atoms with Crippen molar-refractivity contribution < 1.29 is 17.9 Å². The molecule has 0 radical (unpaired) electrons. The molecule has 0 aromatic heterocycles. The van der Waals surface area contributed by atoms with E-state index in [1.165, 1.54) is 12.1 Å². The highest BCUT2D eigenvalue weighted by Crippen LogP contribution is 2.32. The molecule has 0 bridgehead atoms. The Labute approximate surface area is 157 Å². The predicted molar refractivity (Wildman–Crippen MR) is 105 cm³/mol. The number of hydrogen-bond acceptors (Lipinski definition) is 5. The van der Waals surface area contributed by atoms with Crippen molar-refractivity contribution in [2.24, 2.45) is 0 Å². The van der Waals surface area contributed by atoms with Gasteiger partial charge in [-0.2, -0.15) is 0 Å². The van der Waals surface area contributed by atoms with Crippen LogP contribution >= 0.6 is 12.2 Å². The smallest absolute Gasteiger partial charge is 0.262 e. The number of thiocarbonyl (C=S) groups is 1. The molecule has 0 saturated heterocycles. The van der Waals surface area contributed by atoms with Crippen LogP contribution < -0.4 is 24.8 Å². The summed E-state index contributed by atoms with van der Waals surface area (Å²) in [5.41, 5.74) is 1.20. The van der Waals surface area contributed by atoms with Gasteiger partial charge < -0.3 is 20.1 Å². The molecule has 0 fully saturated rings. The lowest BCUT2D eigenvalue weighted by Crippen LogP contribution is -2.24. The van der Waals surface area contributed by atoms with Gasteiger partial charge in [-0.25, -0.2) is 8.42 Å². The molecule has 2 aromatic carbocycles. The zero-order valence-corrected chi connectivity index (χ0v) is 15.7. The molecule has 0 unspecified atom stereocenters. The van der Waals surface area contributed by atoms with Crippen LogP contribution in [0.25, 0.3) is 0 Å². The number of nitrogens with one attached hydrogen (secondary N) is 3. The summed E-state index contributed by atoms with van der Waals surface area (Å²) >= 11 is 5.02. The monoisotopic (exact) mass is 393 g/mol. The molecule has 9 heteroatoms. The summed E-state index contributed by atoms with van der Waals surface area (Å²) in [4.78, 5) is 0.111. The Morgan fingerprint density at radius 1 is 1.00 bits per heavy atom. The number of fused-ring (bicyclic) bond motifs is 1. The van der Waals surface area contributed by atoms with Gasteiger partial charge in [-0.1, -0.05) is 0 Å². The molecule has 3 N–H and O–H groups in total. The lowest BCUT2D eigenvalue weighted by atomic mass is 10.3. The lowest BCUT2D eigenvalue weighted by Gasteiger charge is -2.12. The lowest BCUT2D eigenvalue weighted by molar-refractivity contribution is 0.297. The summed E-state index contributed by atoms with van der Waals surface area (Å²) in [5.74, 6) is 0.989. The van der Waals surface area contributed by atoms with Crippen molar-refractivity contribution in [3.05, 3.63) is 42.5 Å². The summed E-state index contributed by atoms with van der Waals surface area (Å²) in [6.45, 7) is 1.04. The highest BCUT2D eigenvalue weighted by molar-refractivity contribution is 7.92. The molecule has 26 heavy (non-hydrogen) atoms. The number of rotatable bonds is 4. The minimum absolute atomic E-state index is 0.111. The van der Waals surface area contributed by atoms with E-state index in [2.05, 4.69) is 15.4 Å². The van der Waals surface area contributed by atoms with Crippen LogP contribution in [-0.2, 0) is 10.0 Å². The number of anilines is 2. The second kappa shape index (κ2) is 7.79. The third-order valence-electron chi connectivity index (χ3n) is 3.65. The van der Waals surface area contributed by atoms with E-state index < -0.39 is 10.0 Å². The van der Waals surface area contributed by atoms with E-state index in [1.807, 2.05) is 0 Å². The van der Waals surface area contributed by atoms with Crippen LogP contribution in [0.1, 0.15) is 6.42 Å². The SMILES string of the molecule is CNC(=S)Nc1ccc(NS(=O)(=O)c2ccc3c(c2)OCCCO3)cc1. The van der Waals surface area contributed by atoms with Gasteiger partial charge in [-0.15, -0.1) is 0 Å². The van der Waals surface area contributed by atoms with Crippen molar-refractivity contribution in [3.8, 4) is 11.5 Å². The molecule has 3 rings (SSSR count). The van der Waals surface area contributed by atoms with Crippen molar-refractivity contribution in [3.63, 3.8) is 0 Å². The fraction of sp³-hybridized carbons (Fsp3) is 0.235. The fourth-order valence-electron chi connectivity index (χ4n) is 2.34. The van der Waals surface area contributed by atoms with Gasteiger partial charge in [0.15, 0.2) is 16.6 Å². The quantitative estimate of drug-likeness (QED) is 0.688. The Bertz CT molecular complexity index is 899. The Morgan fingerprint density at radius 2 is 1.65 bits per heavy atom. The van der Waals surface area contributed by atoms with Gasteiger partial charge >= 0.3 is 0 Å². The van der Waals surface area contributed by atoms with Gasteiger partial charge in [0.1, 0.15) is 0 Å². The standard InChI is InChI=1S/C17H19N3O4S2/c1-18-17(25)19-12-3-5-13(6-4-12)20-26(21,22)14-7-8-15-16(11-14)24-10-2-9-23-15/h3-8,11,20H,2,9-10H2,1H3,(H2,18,19,25). The van der Waals surface area contributed by atoms with Crippen molar-refractivity contribution in [2.75, 3.05) is 30.3 Å². The second-order valence-electron chi connectivity index (χ2n) is 5.55. The average molecular weight is 393 g/mol. The summed E-state index contributed by atoms with van der Waals surface area (Å²) in [6, 6.07) is 11.4. The first kappa shape index (κ1) is 18.3. The van der Waals surface area contributed by atoms with E-state index in [0.29, 0.717) is 35.5 Å². The van der Waals surface area contributed by atoms with Gasteiger partial charge in [0.2, 0.25) is 0 Å². The zero-order chi connectivity index (χ0) is 18.6. The van der Waals surface area contributed by atoms with E-state index in [4.69, 9.17) is 21.7 Å². The normalized spacial score (nSPS) is 13.4. The Hall–Kier alpha value is -2.52. The van der Waals surface area contributed by atoms with E-state index in [9.17, 15) is 8.42 Å². The summed E-state index contributed by atoms with van der Waals surface area (Å²) < 4.78 is 38.9. The fourth-order valence-corrected chi connectivity index (χ4v) is 3.53. The van der Waals surface area contributed by atoms with E-state index in [-0.39, 0.29) is 4.90 Å². The first-order valence-corrected chi connectivity index (χ1v) is 9.88. The topological polar surface area (TPSA) is 88.7 Å². The van der Waals surface area contributed by atoms with Gasteiger partial charge in [0, 0.05) is 30.9 Å². The molecule has 0 aliphatic carbocycles. The Balaban J connectivity index is 1.76. The van der Waals surface area contributed by atoms with Crippen LogP contribution in [0.5, 0.6) is 11.5 Å². The highest BCUT2D eigenvalue weighted by atomic mass is 32.2. The molecule has 1 aliphatic rings.